The van der Waals surface area contributed by atoms with Crippen LogP contribution < -0.4 is 5.32 Å². The molecule has 0 bridgehead atoms. The van der Waals surface area contributed by atoms with Gasteiger partial charge in [0, 0.05) is 42.5 Å². The first-order chi connectivity index (χ1) is 19.7. The van der Waals surface area contributed by atoms with Crippen LogP contribution in [0.4, 0.5) is 0 Å². The van der Waals surface area contributed by atoms with Gasteiger partial charge >= 0.3 is 0 Å². The molecule has 214 valence electrons. The summed E-state index contributed by atoms with van der Waals surface area (Å²) in [7, 11) is 0. The number of hydrogen-bond acceptors (Lipinski definition) is 4. The van der Waals surface area contributed by atoms with Crippen LogP contribution in [0.25, 0.3) is 0 Å². The molecule has 9 heteroatoms. The Morgan fingerprint density at radius 3 is 2.15 bits per heavy atom. The summed E-state index contributed by atoms with van der Waals surface area (Å²) in [6.07, 6.45) is 0.586. The number of carbonyl (C=O) groups is 4. The Hall–Kier alpha value is -3.68. The lowest BCUT2D eigenvalue weighted by Gasteiger charge is -2.32. The smallest absolute Gasteiger partial charge is 0.261 e. The van der Waals surface area contributed by atoms with Crippen molar-refractivity contribution in [1.82, 2.24) is 15.1 Å². The molecule has 0 radical (unpaired) electrons. The minimum atomic E-state index is -0.810. The first-order valence-corrected chi connectivity index (χ1v) is 14.4. The van der Waals surface area contributed by atoms with Gasteiger partial charge < -0.3 is 10.2 Å². The summed E-state index contributed by atoms with van der Waals surface area (Å²) in [6.45, 7) is 4.66. The van der Waals surface area contributed by atoms with Crippen LogP contribution in [0.5, 0.6) is 0 Å². The summed E-state index contributed by atoms with van der Waals surface area (Å²) >= 11 is 12.6. The fraction of sp³-hybridized carbons (Fsp3) is 0.312. The van der Waals surface area contributed by atoms with Crippen molar-refractivity contribution in [3.63, 3.8) is 0 Å². The number of rotatable bonds is 12. The summed E-state index contributed by atoms with van der Waals surface area (Å²) in [6, 6.07) is 20.4. The van der Waals surface area contributed by atoms with Crippen LogP contribution in [0.2, 0.25) is 10.0 Å². The molecule has 0 saturated carbocycles. The van der Waals surface area contributed by atoms with E-state index in [9.17, 15) is 19.2 Å². The van der Waals surface area contributed by atoms with E-state index in [4.69, 9.17) is 23.2 Å². The number of carbonyl (C=O) groups excluding carboxylic acids is 4. The van der Waals surface area contributed by atoms with Crippen molar-refractivity contribution in [2.45, 2.75) is 45.7 Å². The van der Waals surface area contributed by atoms with E-state index in [0.29, 0.717) is 39.7 Å². The van der Waals surface area contributed by atoms with Gasteiger partial charge in [0.2, 0.25) is 11.8 Å². The normalized spacial score (nSPS) is 13.3. The average molecular weight is 595 g/mol. The third kappa shape index (κ3) is 7.54. The number of amides is 4. The van der Waals surface area contributed by atoms with E-state index in [-0.39, 0.29) is 55.5 Å². The Kier molecular flexibility index (Phi) is 10.2. The van der Waals surface area contributed by atoms with E-state index in [1.54, 1.807) is 47.4 Å². The predicted octanol–water partition coefficient (Wildman–Crippen LogP) is 5.78. The molecule has 1 aliphatic heterocycles. The van der Waals surface area contributed by atoms with Gasteiger partial charge in [-0.1, -0.05) is 85.6 Å². The summed E-state index contributed by atoms with van der Waals surface area (Å²) < 4.78 is 0. The maximum absolute atomic E-state index is 13.8. The number of imide groups is 1. The van der Waals surface area contributed by atoms with Crippen LogP contribution in [0.1, 0.15) is 58.5 Å². The molecule has 4 rings (SSSR count). The van der Waals surface area contributed by atoms with Gasteiger partial charge in [0.05, 0.1) is 11.1 Å². The molecule has 1 aliphatic rings. The van der Waals surface area contributed by atoms with Crippen LogP contribution in [0.15, 0.2) is 72.8 Å². The number of nitrogens with zero attached hydrogens (tertiary/aromatic N) is 2. The molecular weight excluding hydrogens is 561 g/mol. The predicted molar refractivity (Wildman–Crippen MR) is 160 cm³/mol. The molecule has 1 heterocycles. The number of hydrogen-bond donors (Lipinski definition) is 1. The summed E-state index contributed by atoms with van der Waals surface area (Å²) in [5.41, 5.74) is 2.29. The average Bonchev–Trinajstić information content (AvgIpc) is 3.20. The van der Waals surface area contributed by atoms with Crippen molar-refractivity contribution in [2.24, 2.45) is 5.92 Å². The minimum absolute atomic E-state index is 0.0291. The summed E-state index contributed by atoms with van der Waals surface area (Å²) in [5, 5.41) is 3.84. The maximum Gasteiger partial charge on any atom is 0.261 e. The van der Waals surface area contributed by atoms with Crippen molar-refractivity contribution >= 4 is 46.8 Å². The molecule has 3 aromatic rings. The van der Waals surface area contributed by atoms with Gasteiger partial charge in [-0.05, 0) is 47.7 Å². The summed E-state index contributed by atoms with van der Waals surface area (Å²) in [4.78, 5) is 55.7. The van der Waals surface area contributed by atoms with Crippen molar-refractivity contribution in [1.29, 1.82) is 0 Å². The molecule has 1 atom stereocenters. The van der Waals surface area contributed by atoms with Crippen LogP contribution in [-0.2, 0) is 22.6 Å². The van der Waals surface area contributed by atoms with Crippen molar-refractivity contribution < 1.29 is 19.2 Å². The molecule has 0 fully saturated rings. The number of halogens is 2. The Morgan fingerprint density at radius 2 is 1.54 bits per heavy atom. The van der Waals surface area contributed by atoms with Gasteiger partial charge in [-0.3, -0.25) is 24.1 Å². The Bertz CT molecular complexity index is 1390. The fourth-order valence-electron chi connectivity index (χ4n) is 4.78. The number of fused-ring (bicyclic) bond motifs is 1. The SMILES string of the molecule is CC(C)CNC(=O)[C@H](Cc1ccccc1)N(Cc1ccc(Cl)cc1Cl)C(=O)CCCN1C(=O)c2ccccc2C1=O. The lowest BCUT2D eigenvalue weighted by atomic mass is 10.0. The molecule has 0 saturated heterocycles. The standard InChI is InChI=1S/C32H33Cl2N3O4/c1-21(2)19-35-30(39)28(17-22-9-4-3-5-10-22)37(20-23-14-15-24(33)18-27(23)34)29(38)13-8-16-36-31(40)25-11-6-7-12-26(25)32(36)41/h3-7,9-12,14-15,18,21,28H,8,13,16-17,19-20H2,1-2H3,(H,35,39)/t28-/m0/s1. The van der Waals surface area contributed by atoms with Crippen molar-refractivity contribution in [2.75, 3.05) is 13.1 Å². The van der Waals surface area contributed by atoms with Gasteiger partial charge in [0.15, 0.2) is 0 Å². The first-order valence-electron chi connectivity index (χ1n) is 13.7. The van der Waals surface area contributed by atoms with Crippen LogP contribution in [-0.4, -0.2) is 52.6 Å². The highest BCUT2D eigenvalue weighted by Gasteiger charge is 2.35. The molecule has 0 aromatic heterocycles. The quantitative estimate of drug-likeness (QED) is 0.270. The van der Waals surface area contributed by atoms with Gasteiger partial charge in [0.1, 0.15) is 6.04 Å². The molecule has 0 aliphatic carbocycles. The molecule has 4 amide bonds. The highest BCUT2D eigenvalue weighted by molar-refractivity contribution is 6.35. The van der Waals surface area contributed by atoms with E-state index >= 15 is 0 Å². The minimum Gasteiger partial charge on any atom is -0.354 e. The van der Waals surface area contributed by atoms with Gasteiger partial charge in [-0.25, -0.2) is 0 Å². The number of nitrogens with one attached hydrogen (secondary N) is 1. The zero-order chi connectivity index (χ0) is 29.5. The van der Waals surface area contributed by atoms with E-state index in [2.05, 4.69) is 5.32 Å². The molecule has 0 unspecified atom stereocenters. The maximum atomic E-state index is 13.8. The molecule has 3 aromatic carbocycles. The molecule has 7 nitrogen and oxygen atoms in total. The van der Waals surface area contributed by atoms with E-state index < -0.39 is 6.04 Å². The third-order valence-corrected chi connectivity index (χ3v) is 7.55. The largest absolute Gasteiger partial charge is 0.354 e. The monoisotopic (exact) mass is 593 g/mol. The van der Waals surface area contributed by atoms with Crippen LogP contribution >= 0.6 is 23.2 Å². The van der Waals surface area contributed by atoms with Crippen LogP contribution in [0.3, 0.4) is 0 Å². The Labute approximate surface area is 250 Å². The van der Waals surface area contributed by atoms with Crippen molar-refractivity contribution in [3.05, 3.63) is 105 Å². The topological polar surface area (TPSA) is 86.8 Å². The molecule has 0 spiro atoms. The highest BCUT2D eigenvalue weighted by Crippen LogP contribution is 2.26. The van der Waals surface area contributed by atoms with Gasteiger partial charge in [-0.2, -0.15) is 0 Å². The highest BCUT2D eigenvalue weighted by atomic mass is 35.5. The number of benzene rings is 3. The zero-order valence-electron chi connectivity index (χ0n) is 23.1. The third-order valence-electron chi connectivity index (χ3n) is 6.96. The Morgan fingerprint density at radius 1 is 0.902 bits per heavy atom. The summed E-state index contributed by atoms with van der Waals surface area (Å²) in [5.74, 6) is -1.05. The fourth-order valence-corrected chi connectivity index (χ4v) is 5.25. The second-order valence-corrected chi connectivity index (χ2v) is 11.4. The van der Waals surface area contributed by atoms with E-state index in [1.165, 1.54) is 4.90 Å². The first kappa shape index (κ1) is 30.3. The van der Waals surface area contributed by atoms with Crippen LogP contribution in [0, 0.1) is 5.92 Å². The Balaban J connectivity index is 1.56. The van der Waals surface area contributed by atoms with E-state index in [1.807, 2.05) is 44.2 Å². The zero-order valence-corrected chi connectivity index (χ0v) is 24.6. The molecule has 41 heavy (non-hydrogen) atoms. The van der Waals surface area contributed by atoms with E-state index in [0.717, 1.165) is 5.56 Å². The lowest BCUT2D eigenvalue weighted by molar-refractivity contribution is -0.141. The second-order valence-electron chi connectivity index (χ2n) is 10.5. The second kappa shape index (κ2) is 13.8. The van der Waals surface area contributed by atoms with Crippen molar-refractivity contribution in [3.8, 4) is 0 Å². The molecule has 1 N–H and O–H groups in total. The van der Waals surface area contributed by atoms with Gasteiger partial charge in [0.25, 0.3) is 11.8 Å². The van der Waals surface area contributed by atoms with Gasteiger partial charge in [-0.15, -0.1) is 0 Å². The lowest BCUT2D eigenvalue weighted by Crippen LogP contribution is -2.51. The molecular formula is C32H33Cl2N3O4.